The molecule has 1 unspecified atom stereocenters. The van der Waals surface area contributed by atoms with Crippen LogP contribution in [0.15, 0.2) is 24.3 Å². The summed E-state index contributed by atoms with van der Waals surface area (Å²) in [5.41, 5.74) is 0.612. The van der Waals surface area contributed by atoms with E-state index in [1.54, 1.807) is 7.11 Å². The molecular formula is C23H34N3O3+. The maximum absolute atomic E-state index is 13.3. The standard InChI is InChI=1S/C23H33N3O3/c1-17-11-13-23(14-12-17)21(27)26(22(28)24-23)16-25-15-5-3-4-6-20(25)18-7-9-19(29-2)10-8-18/h7-10,17,20H,3-6,11-16H2,1-2H3,(H,24,28)/p+1/t17?,20-,23?/m1/s1. The van der Waals surface area contributed by atoms with Gasteiger partial charge in [-0.2, -0.15) is 0 Å². The van der Waals surface area contributed by atoms with Crippen molar-refractivity contribution < 1.29 is 19.2 Å². The zero-order valence-electron chi connectivity index (χ0n) is 17.7. The molecule has 2 N–H and O–H groups in total. The number of carbonyl (C=O) groups excluding carboxylic acids is 2. The molecule has 1 spiro atoms. The van der Waals surface area contributed by atoms with E-state index in [1.807, 2.05) is 12.1 Å². The number of methoxy groups -OCH3 is 1. The lowest BCUT2D eigenvalue weighted by atomic mass is 9.77. The number of carbonyl (C=O) groups is 2. The van der Waals surface area contributed by atoms with Gasteiger partial charge >= 0.3 is 6.03 Å². The molecule has 6 nitrogen and oxygen atoms in total. The van der Waals surface area contributed by atoms with Gasteiger partial charge in [-0.05, 0) is 75.1 Å². The van der Waals surface area contributed by atoms with Gasteiger partial charge in [-0.15, -0.1) is 0 Å². The average molecular weight is 401 g/mol. The van der Waals surface area contributed by atoms with Crippen molar-refractivity contribution in [2.75, 3.05) is 20.3 Å². The highest BCUT2D eigenvalue weighted by Gasteiger charge is 2.53. The third-order valence-corrected chi connectivity index (χ3v) is 7.24. The van der Waals surface area contributed by atoms with Crippen molar-refractivity contribution in [3.05, 3.63) is 29.8 Å². The van der Waals surface area contributed by atoms with Crippen LogP contribution in [-0.4, -0.2) is 42.7 Å². The van der Waals surface area contributed by atoms with Gasteiger partial charge in [0, 0.05) is 12.0 Å². The van der Waals surface area contributed by atoms with Crippen molar-refractivity contribution in [3.8, 4) is 5.75 Å². The van der Waals surface area contributed by atoms with Gasteiger partial charge in [0.15, 0.2) is 6.67 Å². The van der Waals surface area contributed by atoms with Crippen LogP contribution in [0.3, 0.4) is 0 Å². The second-order valence-corrected chi connectivity index (χ2v) is 9.17. The van der Waals surface area contributed by atoms with Gasteiger partial charge in [0.1, 0.15) is 17.3 Å². The summed E-state index contributed by atoms with van der Waals surface area (Å²) in [5.74, 6) is 1.49. The number of imide groups is 1. The predicted molar refractivity (Wildman–Crippen MR) is 111 cm³/mol. The molecule has 2 heterocycles. The molecule has 1 aliphatic carbocycles. The lowest BCUT2D eigenvalue weighted by Crippen LogP contribution is -3.13. The number of hydrogen-bond donors (Lipinski definition) is 2. The number of ether oxygens (including phenoxy) is 1. The minimum absolute atomic E-state index is 0.000345. The number of urea groups is 1. The highest BCUT2D eigenvalue weighted by Crippen LogP contribution is 2.36. The highest BCUT2D eigenvalue weighted by molar-refractivity contribution is 6.06. The summed E-state index contributed by atoms with van der Waals surface area (Å²) in [4.78, 5) is 28.9. The van der Waals surface area contributed by atoms with Gasteiger partial charge < -0.3 is 15.0 Å². The number of benzene rings is 1. The minimum Gasteiger partial charge on any atom is -0.497 e. The summed E-state index contributed by atoms with van der Waals surface area (Å²) < 4.78 is 5.30. The molecule has 3 amide bonds. The molecule has 4 rings (SSSR count). The monoisotopic (exact) mass is 400 g/mol. The van der Waals surface area contributed by atoms with Crippen molar-refractivity contribution in [2.45, 2.75) is 69.9 Å². The van der Waals surface area contributed by atoms with E-state index in [9.17, 15) is 9.59 Å². The molecule has 0 aromatic heterocycles. The number of nitrogens with one attached hydrogen (secondary N) is 2. The maximum atomic E-state index is 13.3. The fourth-order valence-corrected chi connectivity index (χ4v) is 5.30. The van der Waals surface area contributed by atoms with E-state index in [0.717, 1.165) is 50.8 Å². The molecule has 1 saturated carbocycles. The van der Waals surface area contributed by atoms with Crippen LogP contribution < -0.4 is 15.0 Å². The zero-order valence-corrected chi connectivity index (χ0v) is 17.7. The van der Waals surface area contributed by atoms with Gasteiger partial charge in [0.2, 0.25) is 0 Å². The van der Waals surface area contributed by atoms with E-state index >= 15 is 0 Å². The summed E-state index contributed by atoms with van der Waals surface area (Å²) in [6.07, 6.45) is 8.15. The maximum Gasteiger partial charge on any atom is 0.329 e. The normalized spacial score (nSPS) is 32.9. The summed E-state index contributed by atoms with van der Waals surface area (Å²) in [7, 11) is 1.68. The first-order valence-corrected chi connectivity index (χ1v) is 11.1. The molecular weight excluding hydrogens is 366 g/mol. The largest absolute Gasteiger partial charge is 0.497 e. The number of quaternary nitrogens is 1. The van der Waals surface area contributed by atoms with Crippen molar-refractivity contribution >= 4 is 11.9 Å². The topological polar surface area (TPSA) is 63.1 Å². The molecule has 1 aromatic carbocycles. The molecule has 0 radical (unpaired) electrons. The van der Waals surface area contributed by atoms with Gasteiger partial charge in [-0.1, -0.05) is 6.92 Å². The van der Waals surface area contributed by atoms with E-state index in [2.05, 4.69) is 24.4 Å². The number of hydrogen-bond acceptors (Lipinski definition) is 3. The average Bonchev–Trinajstić information content (AvgIpc) is 2.89. The molecule has 158 valence electrons. The molecule has 3 aliphatic rings. The lowest BCUT2D eigenvalue weighted by molar-refractivity contribution is -0.938. The Balaban J connectivity index is 1.52. The first-order chi connectivity index (χ1) is 14.0. The third-order valence-electron chi connectivity index (χ3n) is 7.24. The third kappa shape index (κ3) is 4.00. The van der Waals surface area contributed by atoms with Crippen LogP contribution in [0.2, 0.25) is 0 Å². The van der Waals surface area contributed by atoms with Gasteiger partial charge in [0.25, 0.3) is 5.91 Å². The van der Waals surface area contributed by atoms with E-state index in [4.69, 9.17) is 4.74 Å². The van der Waals surface area contributed by atoms with Crippen molar-refractivity contribution in [3.63, 3.8) is 0 Å². The molecule has 6 heteroatoms. The van der Waals surface area contributed by atoms with Crippen LogP contribution >= 0.6 is 0 Å². The fraction of sp³-hybridized carbons (Fsp3) is 0.652. The Morgan fingerprint density at radius 2 is 1.83 bits per heavy atom. The molecule has 1 aromatic rings. The second kappa shape index (κ2) is 8.34. The SMILES string of the molecule is COc1ccc([C@H]2CCCCC[NH+]2CN2C(=O)NC3(CCC(C)CC3)C2=O)cc1. The van der Waals surface area contributed by atoms with Crippen molar-refractivity contribution in [2.24, 2.45) is 5.92 Å². The summed E-state index contributed by atoms with van der Waals surface area (Å²) in [5, 5.41) is 3.07. The minimum atomic E-state index is -0.648. The van der Waals surface area contributed by atoms with Crippen LogP contribution in [0.1, 0.15) is 69.9 Å². The number of amides is 3. The van der Waals surface area contributed by atoms with E-state index in [0.29, 0.717) is 18.6 Å². The van der Waals surface area contributed by atoms with E-state index < -0.39 is 5.54 Å². The van der Waals surface area contributed by atoms with Gasteiger partial charge in [0.05, 0.1) is 13.7 Å². The number of nitrogens with zero attached hydrogens (tertiary/aromatic N) is 1. The van der Waals surface area contributed by atoms with Gasteiger partial charge in [-0.3, -0.25) is 4.79 Å². The molecule has 0 bridgehead atoms. The van der Waals surface area contributed by atoms with Crippen LogP contribution in [0.4, 0.5) is 4.79 Å². The Bertz CT molecular complexity index is 740. The Hall–Kier alpha value is -2.08. The Morgan fingerprint density at radius 3 is 2.52 bits per heavy atom. The Morgan fingerprint density at radius 1 is 1.10 bits per heavy atom. The van der Waals surface area contributed by atoms with Crippen LogP contribution in [0.25, 0.3) is 0 Å². The Labute approximate surface area is 173 Å². The van der Waals surface area contributed by atoms with Crippen molar-refractivity contribution in [1.29, 1.82) is 0 Å². The number of rotatable bonds is 4. The van der Waals surface area contributed by atoms with Crippen LogP contribution in [0, 0.1) is 5.92 Å². The number of likely N-dealkylation sites (tertiary alicyclic amines) is 1. The fourth-order valence-electron chi connectivity index (χ4n) is 5.30. The van der Waals surface area contributed by atoms with Crippen LogP contribution in [0.5, 0.6) is 5.75 Å². The van der Waals surface area contributed by atoms with Crippen LogP contribution in [-0.2, 0) is 4.79 Å². The summed E-state index contributed by atoms with van der Waals surface area (Å²) >= 11 is 0. The van der Waals surface area contributed by atoms with E-state index in [-0.39, 0.29) is 11.9 Å². The Kier molecular flexibility index (Phi) is 5.81. The lowest BCUT2D eigenvalue weighted by Gasteiger charge is -2.34. The first-order valence-electron chi connectivity index (χ1n) is 11.1. The smallest absolute Gasteiger partial charge is 0.329 e. The second-order valence-electron chi connectivity index (χ2n) is 9.17. The molecule has 2 atom stereocenters. The first kappa shape index (κ1) is 20.2. The van der Waals surface area contributed by atoms with Crippen molar-refractivity contribution in [1.82, 2.24) is 10.2 Å². The molecule has 3 fully saturated rings. The van der Waals surface area contributed by atoms with E-state index in [1.165, 1.54) is 28.2 Å². The quantitative estimate of drug-likeness (QED) is 0.764. The predicted octanol–water partition coefficient (Wildman–Crippen LogP) is 2.65. The van der Waals surface area contributed by atoms with Gasteiger partial charge in [-0.25, -0.2) is 9.69 Å². The summed E-state index contributed by atoms with van der Waals surface area (Å²) in [6.45, 7) is 3.67. The molecule has 2 aliphatic heterocycles. The zero-order chi connectivity index (χ0) is 20.4. The summed E-state index contributed by atoms with van der Waals surface area (Å²) in [6, 6.07) is 8.37. The molecule has 2 saturated heterocycles. The molecule has 29 heavy (non-hydrogen) atoms. The highest BCUT2D eigenvalue weighted by atomic mass is 16.5.